The van der Waals surface area contributed by atoms with E-state index in [0.717, 1.165) is 17.7 Å². The minimum Gasteiger partial charge on any atom is -0.484 e. The second-order valence-electron chi connectivity index (χ2n) is 9.39. The van der Waals surface area contributed by atoms with E-state index in [2.05, 4.69) is 57.1 Å². The van der Waals surface area contributed by atoms with Crippen LogP contribution in [0.1, 0.15) is 46.6 Å². The van der Waals surface area contributed by atoms with Gasteiger partial charge in [0, 0.05) is 10.9 Å². The minimum atomic E-state index is -0.221. The first-order valence-corrected chi connectivity index (χ1v) is 11.0. The van der Waals surface area contributed by atoms with Gasteiger partial charge >= 0.3 is 0 Å². The molecule has 5 heteroatoms. The molecule has 0 saturated carbocycles. The van der Waals surface area contributed by atoms with Crippen molar-refractivity contribution in [2.45, 2.75) is 46.5 Å². The Balaban J connectivity index is 1.53. The maximum Gasteiger partial charge on any atom is 0.264 e. The Morgan fingerprint density at radius 2 is 1.67 bits per heavy atom. The molecule has 0 aliphatic heterocycles. The molecule has 0 atom stereocenters. The van der Waals surface area contributed by atoms with Crippen LogP contribution in [0.5, 0.6) is 5.75 Å². The van der Waals surface area contributed by atoms with Crippen molar-refractivity contribution in [2.75, 3.05) is 11.9 Å². The maximum atomic E-state index is 12.2. The molecule has 1 aromatic heterocycles. The Labute approximate surface area is 183 Å². The first kappa shape index (κ1) is 22.0. The van der Waals surface area contributed by atoms with E-state index in [9.17, 15) is 4.79 Å². The lowest BCUT2D eigenvalue weighted by Gasteiger charge is -2.33. The molecule has 0 unspecified atom stereocenters. The van der Waals surface area contributed by atoms with Crippen LogP contribution in [0.15, 0.2) is 60.0 Å². The highest BCUT2D eigenvalue weighted by atomic mass is 32.1. The third-order valence-electron chi connectivity index (χ3n) is 4.80. The van der Waals surface area contributed by atoms with Gasteiger partial charge in [-0.1, -0.05) is 77.1 Å². The smallest absolute Gasteiger partial charge is 0.264 e. The molecule has 1 N–H and O–H groups in total. The number of nitrogens with zero attached hydrogens (tertiary/aromatic N) is 1. The summed E-state index contributed by atoms with van der Waals surface area (Å²) >= 11 is 1.40. The molecule has 0 aliphatic rings. The summed E-state index contributed by atoms with van der Waals surface area (Å²) in [7, 11) is 0. The molecule has 0 radical (unpaired) electrons. The zero-order valence-electron chi connectivity index (χ0n) is 18.4. The van der Waals surface area contributed by atoms with Crippen molar-refractivity contribution in [2.24, 2.45) is 5.41 Å². The van der Waals surface area contributed by atoms with E-state index in [1.165, 1.54) is 16.9 Å². The summed E-state index contributed by atoms with van der Waals surface area (Å²) in [6.45, 7) is 11.3. The fraction of sp³-hybridized carbons (Fsp3) is 0.360. The molecule has 0 bridgehead atoms. The summed E-state index contributed by atoms with van der Waals surface area (Å²) in [6.07, 6.45) is 1.08. The molecule has 0 aliphatic carbocycles. The SMILES string of the molecule is CC(C)(C)CC(C)(C)c1ccc(OCC(=O)Nc2nc(-c3ccccc3)cs2)cc1. The second-order valence-corrected chi connectivity index (χ2v) is 10.2. The van der Waals surface area contributed by atoms with Crippen LogP contribution in [0, 0.1) is 5.41 Å². The second kappa shape index (κ2) is 9.00. The number of aromatic nitrogens is 1. The minimum absolute atomic E-state index is 0.0506. The number of hydrogen-bond acceptors (Lipinski definition) is 4. The highest BCUT2D eigenvalue weighted by Crippen LogP contribution is 2.36. The molecular formula is C25H30N2O2S. The Hall–Kier alpha value is -2.66. The zero-order valence-corrected chi connectivity index (χ0v) is 19.2. The van der Waals surface area contributed by atoms with Gasteiger partial charge in [-0.05, 0) is 34.9 Å². The fourth-order valence-electron chi connectivity index (χ4n) is 3.81. The van der Waals surface area contributed by atoms with E-state index >= 15 is 0 Å². The number of ether oxygens (including phenoxy) is 1. The average Bonchev–Trinajstić information content (AvgIpc) is 3.14. The van der Waals surface area contributed by atoms with E-state index in [0.29, 0.717) is 10.9 Å². The monoisotopic (exact) mass is 422 g/mol. The highest BCUT2D eigenvalue weighted by molar-refractivity contribution is 7.14. The Morgan fingerprint density at radius 1 is 1.00 bits per heavy atom. The molecule has 30 heavy (non-hydrogen) atoms. The van der Waals surface area contributed by atoms with Gasteiger partial charge in [0.1, 0.15) is 5.75 Å². The zero-order chi connectivity index (χ0) is 21.8. The number of carbonyl (C=O) groups excluding carboxylic acids is 1. The van der Waals surface area contributed by atoms with Crippen LogP contribution >= 0.6 is 11.3 Å². The lowest BCUT2D eigenvalue weighted by Crippen LogP contribution is -2.24. The Kier molecular flexibility index (Phi) is 6.61. The van der Waals surface area contributed by atoms with Gasteiger partial charge in [-0.3, -0.25) is 10.1 Å². The van der Waals surface area contributed by atoms with Crippen LogP contribution < -0.4 is 10.1 Å². The molecule has 1 amide bonds. The largest absolute Gasteiger partial charge is 0.484 e. The molecule has 0 saturated heterocycles. The molecular weight excluding hydrogens is 392 g/mol. The number of amides is 1. The molecule has 4 nitrogen and oxygen atoms in total. The maximum absolute atomic E-state index is 12.2. The van der Waals surface area contributed by atoms with Crippen molar-refractivity contribution in [1.29, 1.82) is 0 Å². The van der Waals surface area contributed by atoms with Crippen LogP contribution in [-0.4, -0.2) is 17.5 Å². The van der Waals surface area contributed by atoms with Crippen molar-refractivity contribution in [3.05, 3.63) is 65.5 Å². The van der Waals surface area contributed by atoms with E-state index in [-0.39, 0.29) is 23.3 Å². The van der Waals surface area contributed by atoms with Crippen molar-refractivity contribution in [3.8, 4) is 17.0 Å². The van der Waals surface area contributed by atoms with Gasteiger partial charge in [0.05, 0.1) is 5.69 Å². The third kappa shape index (κ3) is 6.17. The summed E-state index contributed by atoms with van der Waals surface area (Å²) in [5, 5.41) is 5.31. The van der Waals surface area contributed by atoms with Gasteiger partial charge in [-0.25, -0.2) is 4.98 Å². The van der Waals surface area contributed by atoms with Crippen LogP contribution in [0.3, 0.4) is 0 Å². The number of nitrogens with one attached hydrogen (secondary N) is 1. The normalized spacial score (nSPS) is 11.9. The molecule has 158 valence electrons. The van der Waals surface area contributed by atoms with Crippen molar-refractivity contribution < 1.29 is 9.53 Å². The van der Waals surface area contributed by atoms with Crippen LogP contribution in [0.4, 0.5) is 5.13 Å². The van der Waals surface area contributed by atoms with E-state index < -0.39 is 0 Å². The first-order valence-electron chi connectivity index (χ1n) is 10.2. The van der Waals surface area contributed by atoms with Crippen LogP contribution in [0.2, 0.25) is 0 Å². The number of rotatable bonds is 7. The first-order chi connectivity index (χ1) is 14.1. The lowest BCUT2D eigenvalue weighted by molar-refractivity contribution is -0.118. The number of benzene rings is 2. The predicted octanol–water partition coefficient (Wildman–Crippen LogP) is 6.54. The molecule has 3 aromatic rings. The number of carbonyl (C=O) groups is 1. The van der Waals surface area contributed by atoms with Gasteiger partial charge in [-0.15, -0.1) is 11.3 Å². The Morgan fingerprint density at radius 3 is 2.30 bits per heavy atom. The average molecular weight is 423 g/mol. The number of hydrogen-bond donors (Lipinski definition) is 1. The summed E-state index contributed by atoms with van der Waals surface area (Å²) in [5.41, 5.74) is 3.48. The molecule has 2 aromatic carbocycles. The third-order valence-corrected chi connectivity index (χ3v) is 5.56. The van der Waals surface area contributed by atoms with Gasteiger partial charge in [0.25, 0.3) is 5.91 Å². The molecule has 1 heterocycles. The summed E-state index contributed by atoms with van der Waals surface area (Å²) in [6, 6.07) is 17.9. The van der Waals surface area contributed by atoms with Crippen molar-refractivity contribution in [1.82, 2.24) is 4.98 Å². The summed E-state index contributed by atoms with van der Waals surface area (Å²) < 4.78 is 5.66. The predicted molar refractivity (Wildman–Crippen MR) is 125 cm³/mol. The van der Waals surface area contributed by atoms with E-state index in [1.54, 1.807) is 0 Å². The van der Waals surface area contributed by atoms with Crippen LogP contribution in [0.25, 0.3) is 11.3 Å². The highest BCUT2D eigenvalue weighted by Gasteiger charge is 2.27. The summed E-state index contributed by atoms with van der Waals surface area (Å²) in [4.78, 5) is 16.7. The van der Waals surface area contributed by atoms with E-state index in [1.807, 2.05) is 47.8 Å². The van der Waals surface area contributed by atoms with Gasteiger partial charge in [0.15, 0.2) is 11.7 Å². The molecule has 3 rings (SSSR count). The van der Waals surface area contributed by atoms with Crippen molar-refractivity contribution >= 4 is 22.4 Å². The standard InChI is InChI=1S/C25H30N2O2S/c1-24(2,3)17-25(4,5)19-11-13-20(14-12-19)29-15-22(28)27-23-26-21(16-30-23)18-9-7-6-8-10-18/h6-14,16H,15,17H2,1-5H3,(H,26,27,28). The fourth-order valence-corrected chi connectivity index (χ4v) is 4.54. The van der Waals surface area contributed by atoms with Crippen LogP contribution in [-0.2, 0) is 10.2 Å². The Bertz CT molecular complexity index is 970. The quantitative estimate of drug-likeness (QED) is 0.470. The number of thiazole rings is 1. The number of anilines is 1. The molecule has 0 fully saturated rings. The summed E-state index contributed by atoms with van der Waals surface area (Å²) in [5.74, 6) is 0.464. The topological polar surface area (TPSA) is 51.2 Å². The van der Waals surface area contributed by atoms with Gasteiger partial charge < -0.3 is 4.74 Å². The van der Waals surface area contributed by atoms with Gasteiger partial charge in [-0.2, -0.15) is 0 Å². The lowest BCUT2D eigenvalue weighted by atomic mass is 9.72. The molecule has 0 spiro atoms. The van der Waals surface area contributed by atoms with Crippen molar-refractivity contribution in [3.63, 3.8) is 0 Å². The van der Waals surface area contributed by atoms with Gasteiger partial charge in [0.2, 0.25) is 0 Å². The van der Waals surface area contributed by atoms with E-state index in [4.69, 9.17) is 4.74 Å².